The molecule has 6 heteroatoms. The summed E-state index contributed by atoms with van der Waals surface area (Å²) >= 11 is 1.61. The van der Waals surface area contributed by atoms with Crippen molar-refractivity contribution < 1.29 is 18.8 Å². The van der Waals surface area contributed by atoms with Crippen LogP contribution >= 0.6 is 11.8 Å². The van der Waals surface area contributed by atoms with E-state index in [0.29, 0.717) is 11.3 Å². The number of fused-ring (bicyclic) bond motifs is 3. The second-order valence-corrected chi connectivity index (χ2v) is 7.36. The van der Waals surface area contributed by atoms with Gasteiger partial charge in [0.25, 0.3) is 0 Å². The molecule has 130 valence electrons. The first kappa shape index (κ1) is 16.6. The quantitative estimate of drug-likeness (QED) is 0.764. The fourth-order valence-electron chi connectivity index (χ4n) is 3.95. The van der Waals surface area contributed by atoms with Crippen LogP contribution in [0.25, 0.3) is 0 Å². The Hall–Kier alpha value is -1.89. The molecule has 1 saturated heterocycles. The summed E-state index contributed by atoms with van der Waals surface area (Å²) in [5.41, 5.74) is 0.737. The van der Waals surface area contributed by atoms with Gasteiger partial charge in [0.1, 0.15) is 17.3 Å². The zero-order valence-corrected chi connectivity index (χ0v) is 14.8. The lowest BCUT2D eigenvalue weighted by molar-refractivity contribution is -0.159. The molecule has 0 saturated carbocycles. The van der Waals surface area contributed by atoms with Crippen LogP contribution < -0.4 is 0 Å². The summed E-state index contributed by atoms with van der Waals surface area (Å²) < 4.78 is 19.0. The Morgan fingerprint density at radius 2 is 2.12 bits per heavy atom. The third-order valence-electron chi connectivity index (χ3n) is 4.99. The van der Waals surface area contributed by atoms with Gasteiger partial charge in [-0.15, -0.1) is 11.8 Å². The molecule has 0 radical (unpaired) electrons. The van der Waals surface area contributed by atoms with Crippen LogP contribution in [-0.4, -0.2) is 30.9 Å². The van der Waals surface area contributed by atoms with Gasteiger partial charge < -0.3 is 4.74 Å². The van der Waals surface area contributed by atoms with Crippen molar-refractivity contribution in [1.29, 1.82) is 0 Å². The number of rotatable bonds is 2. The number of carbonyl (C=O) groups excluding carboxylic acids is 1. The highest BCUT2D eigenvalue weighted by Crippen LogP contribution is 2.61. The van der Waals surface area contributed by atoms with Crippen LogP contribution in [0.1, 0.15) is 23.3 Å². The number of hydrogen-bond donors (Lipinski definition) is 0. The highest BCUT2D eigenvalue weighted by molar-refractivity contribution is 7.99. The van der Waals surface area contributed by atoms with Crippen molar-refractivity contribution in [3.63, 3.8) is 0 Å². The van der Waals surface area contributed by atoms with Gasteiger partial charge in [-0.3, -0.25) is 9.63 Å². The molecule has 2 aromatic rings. The standard InChI is InChI=1S/C19H18FNO3S/c1-21-16-14-8-3-4-9-15(14)25-11-19(16,18(22)23-2)17(24-21)12-6-5-7-13(20)10-12/h3-10,16-17H,11H2,1-2H3/t16-,17+,19-/m0/s1. The third kappa shape index (κ3) is 2.39. The lowest BCUT2D eigenvalue weighted by Crippen LogP contribution is -2.45. The number of methoxy groups -OCH3 is 1. The Morgan fingerprint density at radius 1 is 1.32 bits per heavy atom. The van der Waals surface area contributed by atoms with Crippen molar-refractivity contribution in [2.45, 2.75) is 17.0 Å². The van der Waals surface area contributed by atoms with Crippen molar-refractivity contribution in [2.75, 3.05) is 19.9 Å². The van der Waals surface area contributed by atoms with E-state index < -0.39 is 11.5 Å². The van der Waals surface area contributed by atoms with Crippen LogP contribution in [0.5, 0.6) is 0 Å². The molecule has 0 aliphatic carbocycles. The van der Waals surface area contributed by atoms with Gasteiger partial charge in [0.15, 0.2) is 0 Å². The Morgan fingerprint density at radius 3 is 2.88 bits per heavy atom. The van der Waals surface area contributed by atoms with E-state index in [2.05, 4.69) is 0 Å². The highest BCUT2D eigenvalue weighted by Gasteiger charge is 2.63. The van der Waals surface area contributed by atoms with E-state index in [9.17, 15) is 9.18 Å². The largest absolute Gasteiger partial charge is 0.468 e. The van der Waals surface area contributed by atoms with Gasteiger partial charge >= 0.3 is 5.97 Å². The minimum absolute atomic E-state index is 0.286. The predicted octanol–water partition coefficient (Wildman–Crippen LogP) is 3.75. The molecule has 1 fully saturated rings. The van der Waals surface area contributed by atoms with Gasteiger partial charge in [-0.2, -0.15) is 5.06 Å². The molecule has 25 heavy (non-hydrogen) atoms. The van der Waals surface area contributed by atoms with Crippen molar-refractivity contribution >= 4 is 17.7 Å². The van der Waals surface area contributed by atoms with Gasteiger partial charge in [-0.25, -0.2) is 4.39 Å². The van der Waals surface area contributed by atoms with Crippen LogP contribution in [0.15, 0.2) is 53.4 Å². The molecule has 4 rings (SSSR count). The molecule has 2 heterocycles. The molecule has 2 aliphatic heterocycles. The van der Waals surface area contributed by atoms with E-state index in [4.69, 9.17) is 9.57 Å². The van der Waals surface area contributed by atoms with E-state index in [0.717, 1.165) is 10.5 Å². The third-order valence-corrected chi connectivity index (χ3v) is 6.29. The Labute approximate surface area is 149 Å². The molecule has 3 atom stereocenters. The Kier molecular flexibility index (Phi) is 4.06. The molecule has 2 aromatic carbocycles. The Balaban J connectivity index is 1.90. The predicted molar refractivity (Wildman–Crippen MR) is 92.3 cm³/mol. The van der Waals surface area contributed by atoms with E-state index in [1.807, 2.05) is 31.3 Å². The SMILES string of the molecule is COC(=O)[C@@]12CSc3ccccc3[C@@H]1N(C)O[C@@H]2c1cccc(F)c1. The summed E-state index contributed by atoms with van der Waals surface area (Å²) in [5.74, 6) is -0.179. The fraction of sp³-hybridized carbons (Fsp3) is 0.316. The number of halogens is 1. The first-order valence-electron chi connectivity index (χ1n) is 8.03. The highest BCUT2D eigenvalue weighted by atomic mass is 32.2. The van der Waals surface area contributed by atoms with Crippen LogP contribution in [0.2, 0.25) is 0 Å². The number of hydroxylamine groups is 2. The molecule has 2 aliphatic rings. The summed E-state index contributed by atoms with van der Waals surface area (Å²) in [6.07, 6.45) is -0.605. The lowest BCUT2D eigenvalue weighted by Gasteiger charge is -2.39. The molecule has 0 aromatic heterocycles. The number of esters is 1. The summed E-state index contributed by atoms with van der Waals surface area (Å²) in [6, 6.07) is 13.9. The van der Waals surface area contributed by atoms with E-state index in [1.54, 1.807) is 29.0 Å². The number of hydrogen-bond acceptors (Lipinski definition) is 5. The van der Waals surface area contributed by atoms with E-state index >= 15 is 0 Å². The smallest absolute Gasteiger partial charge is 0.317 e. The van der Waals surface area contributed by atoms with Gasteiger partial charge in [0.2, 0.25) is 0 Å². The minimum atomic E-state index is -0.934. The van der Waals surface area contributed by atoms with Gasteiger partial charge in [0, 0.05) is 17.7 Å². The van der Waals surface area contributed by atoms with Crippen LogP contribution in [-0.2, 0) is 14.4 Å². The van der Waals surface area contributed by atoms with Crippen LogP contribution in [0, 0.1) is 11.2 Å². The van der Waals surface area contributed by atoms with E-state index in [-0.39, 0.29) is 17.8 Å². The summed E-state index contributed by atoms with van der Waals surface area (Å²) in [7, 11) is 3.20. The zero-order valence-electron chi connectivity index (χ0n) is 13.9. The number of nitrogens with zero attached hydrogens (tertiary/aromatic N) is 1. The number of benzene rings is 2. The minimum Gasteiger partial charge on any atom is -0.468 e. The average Bonchev–Trinajstić information content (AvgIpc) is 2.95. The van der Waals surface area contributed by atoms with Crippen molar-refractivity contribution in [1.82, 2.24) is 5.06 Å². The van der Waals surface area contributed by atoms with Gasteiger partial charge in [-0.1, -0.05) is 30.3 Å². The fourth-order valence-corrected chi connectivity index (χ4v) is 5.29. The molecule has 0 N–H and O–H groups in total. The molecular weight excluding hydrogens is 341 g/mol. The maximum Gasteiger partial charge on any atom is 0.317 e. The topological polar surface area (TPSA) is 38.8 Å². The van der Waals surface area contributed by atoms with Gasteiger partial charge in [0.05, 0.1) is 13.2 Å². The summed E-state index contributed by atoms with van der Waals surface area (Å²) in [6.45, 7) is 0. The van der Waals surface area contributed by atoms with Crippen LogP contribution in [0.3, 0.4) is 0 Å². The summed E-state index contributed by atoms with van der Waals surface area (Å²) in [5, 5.41) is 1.71. The second kappa shape index (κ2) is 6.12. The first-order valence-corrected chi connectivity index (χ1v) is 9.01. The molecule has 0 spiro atoms. The van der Waals surface area contributed by atoms with E-state index in [1.165, 1.54) is 19.2 Å². The molecule has 0 unspecified atom stereocenters. The number of carbonyl (C=O) groups is 1. The molecular formula is C19H18FNO3S. The van der Waals surface area contributed by atoms with Crippen molar-refractivity contribution in [2.24, 2.45) is 5.41 Å². The summed E-state index contributed by atoms with van der Waals surface area (Å²) in [4.78, 5) is 20.2. The van der Waals surface area contributed by atoms with Crippen LogP contribution in [0.4, 0.5) is 4.39 Å². The van der Waals surface area contributed by atoms with Crippen molar-refractivity contribution in [3.8, 4) is 0 Å². The van der Waals surface area contributed by atoms with Crippen molar-refractivity contribution in [3.05, 3.63) is 65.5 Å². The monoisotopic (exact) mass is 359 g/mol. The number of thioether (sulfide) groups is 1. The normalized spacial score (nSPS) is 28.3. The molecule has 0 bridgehead atoms. The second-order valence-electron chi connectivity index (χ2n) is 6.35. The zero-order chi connectivity index (χ0) is 17.6. The maximum absolute atomic E-state index is 13.8. The van der Waals surface area contributed by atoms with Gasteiger partial charge in [-0.05, 0) is 29.3 Å². The molecule has 4 nitrogen and oxygen atoms in total. The lowest BCUT2D eigenvalue weighted by atomic mass is 9.72. The first-order chi connectivity index (χ1) is 12.1. The average molecular weight is 359 g/mol. The molecule has 0 amide bonds. The maximum atomic E-state index is 13.8. The number of ether oxygens (including phenoxy) is 1. The Bertz CT molecular complexity index is 830.